The second kappa shape index (κ2) is 9.25. The molecule has 1 atom stereocenters. The lowest BCUT2D eigenvalue weighted by Crippen LogP contribution is -2.37. The molecule has 0 bridgehead atoms. The smallest absolute Gasteiger partial charge is 0.235 e. The van der Waals surface area contributed by atoms with E-state index in [2.05, 4.69) is 5.32 Å². The van der Waals surface area contributed by atoms with E-state index in [1.165, 1.54) is 0 Å². The summed E-state index contributed by atoms with van der Waals surface area (Å²) in [7, 11) is 3.74. The Labute approximate surface area is 120 Å². The number of likely N-dealkylation sites (N-methyl/N-ethyl adjacent to an activating group) is 2. The van der Waals surface area contributed by atoms with Gasteiger partial charge in [-0.05, 0) is 26.1 Å². The van der Waals surface area contributed by atoms with E-state index in [0.717, 1.165) is 18.0 Å². The lowest BCUT2D eigenvalue weighted by Gasteiger charge is -2.20. The van der Waals surface area contributed by atoms with Gasteiger partial charge in [0.2, 0.25) is 5.91 Å². The number of nitrogens with one attached hydrogen (secondary N) is 1. The molecule has 3 nitrogen and oxygen atoms in total. The lowest BCUT2D eigenvalue weighted by atomic mass is 10.4. The number of rotatable bonds is 6. The zero-order chi connectivity index (χ0) is 12.7. The van der Waals surface area contributed by atoms with Gasteiger partial charge in [0.05, 0.1) is 5.25 Å². The zero-order valence-corrected chi connectivity index (χ0v) is 12.7. The molecule has 0 aromatic heterocycles. The lowest BCUT2D eigenvalue weighted by molar-refractivity contribution is -0.128. The number of halogens is 1. The van der Waals surface area contributed by atoms with Crippen LogP contribution in [0.15, 0.2) is 35.2 Å². The number of benzene rings is 1. The van der Waals surface area contributed by atoms with Crippen LogP contribution in [0.3, 0.4) is 0 Å². The highest BCUT2D eigenvalue weighted by Gasteiger charge is 2.17. The van der Waals surface area contributed by atoms with Crippen molar-refractivity contribution < 1.29 is 4.79 Å². The fourth-order valence-electron chi connectivity index (χ4n) is 1.45. The maximum Gasteiger partial charge on any atom is 0.235 e. The molecule has 1 N–H and O–H groups in total. The Morgan fingerprint density at radius 3 is 2.56 bits per heavy atom. The first-order chi connectivity index (χ1) is 8.15. The molecule has 1 amide bonds. The Bertz CT molecular complexity index is 348. The highest BCUT2D eigenvalue weighted by molar-refractivity contribution is 8.00. The van der Waals surface area contributed by atoms with E-state index in [4.69, 9.17) is 0 Å². The molecule has 0 saturated heterocycles. The third-order valence-electron chi connectivity index (χ3n) is 2.48. The molecule has 1 aromatic carbocycles. The van der Waals surface area contributed by atoms with Crippen molar-refractivity contribution in [1.29, 1.82) is 0 Å². The van der Waals surface area contributed by atoms with Gasteiger partial charge in [-0.25, -0.2) is 0 Å². The Hall–Kier alpha value is -0.710. The molecule has 18 heavy (non-hydrogen) atoms. The van der Waals surface area contributed by atoms with Gasteiger partial charge in [0.25, 0.3) is 0 Å². The van der Waals surface area contributed by atoms with Gasteiger partial charge >= 0.3 is 0 Å². The average Bonchev–Trinajstić information content (AvgIpc) is 2.36. The second-order valence-electron chi connectivity index (χ2n) is 3.94. The van der Waals surface area contributed by atoms with Crippen molar-refractivity contribution >= 4 is 30.1 Å². The maximum absolute atomic E-state index is 12.0. The van der Waals surface area contributed by atoms with E-state index in [9.17, 15) is 4.79 Å². The summed E-state index contributed by atoms with van der Waals surface area (Å²) in [5, 5.41) is 3.00. The third-order valence-corrected chi connectivity index (χ3v) is 3.58. The van der Waals surface area contributed by atoms with Gasteiger partial charge in [0, 0.05) is 25.0 Å². The van der Waals surface area contributed by atoms with E-state index in [1.807, 2.05) is 51.4 Å². The van der Waals surface area contributed by atoms with E-state index < -0.39 is 0 Å². The molecule has 0 saturated carbocycles. The van der Waals surface area contributed by atoms with Crippen molar-refractivity contribution in [2.45, 2.75) is 17.1 Å². The minimum atomic E-state index is -0.0424. The van der Waals surface area contributed by atoms with Crippen molar-refractivity contribution in [1.82, 2.24) is 10.2 Å². The van der Waals surface area contributed by atoms with Crippen LogP contribution in [0.2, 0.25) is 0 Å². The molecule has 0 radical (unpaired) electrons. The predicted molar refractivity (Wildman–Crippen MR) is 80.6 cm³/mol. The fourth-order valence-corrected chi connectivity index (χ4v) is 2.46. The van der Waals surface area contributed by atoms with Gasteiger partial charge in [-0.2, -0.15) is 0 Å². The van der Waals surface area contributed by atoms with Crippen LogP contribution in [0.4, 0.5) is 0 Å². The largest absolute Gasteiger partial charge is 0.344 e. The molecule has 102 valence electrons. The van der Waals surface area contributed by atoms with E-state index in [0.29, 0.717) is 0 Å². The number of amides is 1. The minimum absolute atomic E-state index is 0. The summed E-state index contributed by atoms with van der Waals surface area (Å²) in [4.78, 5) is 14.9. The average molecular weight is 289 g/mol. The standard InChI is InChI=1S/C13H20N2OS.ClH/c1-11(13(16)15(3)10-9-14-2)17-12-7-5-4-6-8-12;/h4-8,11,14H,9-10H2,1-3H3;1H. The van der Waals surface area contributed by atoms with Crippen LogP contribution in [0.1, 0.15) is 6.92 Å². The van der Waals surface area contributed by atoms with Gasteiger partial charge in [0.1, 0.15) is 0 Å². The van der Waals surface area contributed by atoms with Crippen molar-refractivity contribution in [3.63, 3.8) is 0 Å². The Kier molecular flexibility index (Phi) is 8.89. The number of carbonyl (C=O) groups excluding carboxylic acids is 1. The Morgan fingerprint density at radius 2 is 2.00 bits per heavy atom. The predicted octanol–water partition coefficient (Wildman–Crippen LogP) is 2.27. The van der Waals surface area contributed by atoms with Crippen molar-refractivity contribution in [2.75, 3.05) is 27.2 Å². The number of hydrogen-bond acceptors (Lipinski definition) is 3. The number of carbonyl (C=O) groups is 1. The molecule has 0 fully saturated rings. The fraction of sp³-hybridized carbons (Fsp3) is 0.462. The molecular formula is C13H21ClN2OS. The molecular weight excluding hydrogens is 268 g/mol. The molecule has 1 rings (SSSR count). The quantitative estimate of drug-likeness (QED) is 0.815. The first kappa shape index (κ1) is 17.3. The number of nitrogens with zero attached hydrogens (tertiary/aromatic N) is 1. The summed E-state index contributed by atoms with van der Waals surface area (Å²) in [6.45, 7) is 3.52. The summed E-state index contributed by atoms with van der Waals surface area (Å²) in [5.74, 6) is 0.175. The van der Waals surface area contributed by atoms with Crippen LogP contribution >= 0.6 is 24.2 Å². The molecule has 5 heteroatoms. The van der Waals surface area contributed by atoms with Crippen LogP contribution in [-0.2, 0) is 4.79 Å². The summed E-state index contributed by atoms with van der Waals surface area (Å²) in [6, 6.07) is 10.0. The van der Waals surface area contributed by atoms with Crippen LogP contribution in [0, 0.1) is 0 Å². The van der Waals surface area contributed by atoms with Crippen LogP contribution in [0.5, 0.6) is 0 Å². The SMILES string of the molecule is CNCCN(C)C(=O)C(C)Sc1ccccc1.Cl. The first-order valence-electron chi connectivity index (χ1n) is 5.76. The number of hydrogen-bond donors (Lipinski definition) is 1. The number of thioether (sulfide) groups is 1. The van der Waals surface area contributed by atoms with Crippen molar-refractivity contribution in [2.24, 2.45) is 0 Å². The summed E-state index contributed by atoms with van der Waals surface area (Å²) >= 11 is 1.60. The van der Waals surface area contributed by atoms with Crippen molar-refractivity contribution in [3.8, 4) is 0 Å². The van der Waals surface area contributed by atoms with Gasteiger partial charge < -0.3 is 10.2 Å². The Balaban J connectivity index is 0.00000289. The van der Waals surface area contributed by atoms with E-state index in [1.54, 1.807) is 16.7 Å². The molecule has 1 unspecified atom stereocenters. The highest BCUT2D eigenvalue weighted by atomic mass is 35.5. The van der Waals surface area contributed by atoms with Gasteiger partial charge in [-0.3, -0.25) is 4.79 Å². The van der Waals surface area contributed by atoms with Crippen LogP contribution in [0.25, 0.3) is 0 Å². The molecule has 0 heterocycles. The molecule has 1 aromatic rings. The minimum Gasteiger partial charge on any atom is -0.344 e. The molecule has 0 spiro atoms. The second-order valence-corrected chi connectivity index (χ2v) is 5.35. The van der Waals surface area contributed by atoms with Crippen LogP contribution < -0.4 is 5.32 Å². The zero-order valence-electron chi connectivity index (χ0n) is 11.1. The van der Waals surface area contributed by atoms with Gasteiger partial charge in [0.15, 0.2) is 0 Å². The summed E-state index contributed by atoms with van der Waals surface area (Å²) in [5.41, 5.74) is 0. The van der Waals surface area contributed by atoms with Gasteiger partial charge in [-0.15, -0.1) is 24.2 Å². The first-order valence-corrected chi connectivity index (χ1v) is 6.64. The van der Waals surface area contributed by atoms with E-state index in [-0.39, 0.29) is 23.6 Å². The van der Waals surface area contributed by atoms with Gasteiger partial charge in [-0.1, -0.05) is 18.2 Å². The highest BCUT2D eigenvalue weighted by Crippen LogP contribution is 2.23. The molecule has 0 aliphatic carbocycles. The third kappa shape index (κ3) is 5.76. The maximum atomic E-state index is 12.0. The monoisotopic (exact) mass is 288 g/mol. The normalized spacial score (nSPS) is 11.5. The Morgan fingerprint density at radius 1 is 1.39 bits per heavy atom. The summed E-state index contributed by atoms with van der Waals surface area (Å²) < 4.78 is 0. The summed E-state index contributed by atoms with van der Waals surface area (Å²) in [6.07, 6.45) is 0. The topological polar surface area (TPSA) is 32.3 Å². The van der Waals surface area contributed by atoms with Crippen molar-refractivity contribution in [3.05, 3.63) is 30.3 Å². The van der Waals surface area contributed by atoms with Crippen LogP contribution in [-0.4, -0.2) is 43.2 Å². The van der Waals surface area contributed by atoms with E-state index >= 15 is 0 Å². The molecule has 0 aliphatic heterocycles. The molecule has 0 aliphatic rings.